The molecule has 10 aromatic rings. The van der Waals surface area contributed by atoms with Crippen molar-refractivity contribution in [2.45, 2.75) is 0 Å². The van der Waals surface area contributed by atoms with Gasteiger partial charge in [-0.1, -0.05) is 66.7 Å². The molecule has 5 aromatic carbocycles. The van der Waals surface area contributed by atoms with E-state index < -0.39 is 0 Å². The van der Waals surface area contributed by atoms with Gasteiger partial charge in [-0.25, -0.2) is 9.97 Å². The van der Waals surface area contributed by atoms with Crippen molar-refractivity contribution in [1.82, 2.24) is 23.9 Å². The van der Waals surface area contributed by atoms with Gasteiger partial charge in [-0.3, -0.25) is 4.57 Å². The third-order valence-electron chi connectivity index (χ3n) is 8.53. The van der Waals surface area contributed by atoms with Gasteiger partial charge < -0.3 is 4.40 Å². The summed E-state index contributed by atoms with van der Waals surface area (Å²) in [6.07, 6.45) is 3.67. The van der Waals surface area contributed by atoms with Crippen molar-refractivity contribution in [3.05, 3.63) is 116 Å². The molecule has 0 unspecified atom stereocenters. The molecular formula is C35H19N5. The van der Waals surface area contributed by atoms with Gasteiger partial charge in [-0.05, 0) is 47.2 Å². The van der Waals surface area contributed by atoms with Gasteiger partial charge in [0, 0.05) is 50.1 Å². The minimum absolute atomic E-state index is 0.629. The molecule has 5 heterocycles. The fourth-order valence-electron chi connectivity index (χ4n) is 6.94. The number of nitrogens with zero attached hydrogens (tertiary/aromatic N) is 5. The number of hydrogen-bond donors (Lipinski definition) is 0. The summed E-state index contributed by atoms with van der Waals surface area (Å²) in [6.45, 7) is 0. The maximum Gasteiger partial charge on any atom is 0.236 e. The van der Waals surface area contributed by atoms with Gasteiger partial charge in [-0.2, -0.15) is 4.98 Å². The number of aromatic nitrogens is 5. The van der Waals surface area contributed by atoms with E-state index in [1.807, 2.05) is 18.3 Å². The van der Waals surface area contributed by atoms with Gasteiger partial charge in [0.25, 0.3) is 0 Å². The number of pyridine rings is 1. The highest BCUT2D eigenvalue weighted by molar-refractivity contribution is 6.37. The first-order valence-electron chi connectivity index (χ1n) is 13.5. The van der Waals surface area contributed by atoms with E-state index in [0.717, 1.165) is 16.4 Å². The zero-order valence-corrected chi connectivity index (χ0v) is 21.2. The number of fused-ring (bicyclic) bond motifs is 13. The predicted octanol–water partition coefficient (Wildman–Crippen LogP) is 8.43. The van der Waals surface area contributed by atoms with Crippen LogP contribution in [0.1, 0.15) is 0 Å². The highest BCUT2D eigenvalue weighted by Gasteiger charge is 2.25. The fraction of sp³-hybridized carbons (Fsp3) is 0. The van der Waals surface area contributed by atoms with E-state index in [2.05, 4.69) is 105 Å². The van der Waals surface area contributed by atoms with Crippen LogP contribution in [0.3, 0.4) is 0 Å². The second-order valence-electron chi connectivity index (χ2n) is 10.5. The van der Waals surface area contributed by atoms with Gasteiger partial charge in [0.15, 0.2) is 5.65 Å². The largest absolute Gasteiger partial charge is 0.308 e. The lowest BCUT2D eigenvalue weighted by Gasteiger charge is -2.09. The third kappa shape index (κ3) is 2.37. The van der Waals surface area contributed by atoms with Crippen LogP contribution in [0, 0.1) is 0 Å². The SMILES string of the molecule is c1cnc2nc(-n3c4ccccc4c4cc5c6ccccc6n6c7ccc8ccccc8c7c(c43)c56)ncc2c1. The van der Waals surface area contributed by atoms with Crippen LogP contribution < -0.4 is 0 Å². The zero-order chi connectivity index (χ0) is 25.9. The molecular weight excluding hydrogens is 490 g/mol. The third-order valence-corrected chi connectivity index (χ3v) is 8.53. The highest BCUT2D eigenvalue weighted by atomic mass is 15.2. The normalized spacial score (nSPS) is 12.5. The first-order valence-corrected chi connectivity index (χ1v) is 13.5. The van der Waals surface area contributed by atoms with Crippen molar-refractivity contribution in [3.8, 4) is 5.95 Å². The van der Waals surface area contributed by atoms with Crippen molar-refractivity contribution < 1.29 is 0 Å². The van der Waals surface area contributed by atoms with E-state index in [1.165, 1.54) is 59.6 Å². The van der Waals surface area contributed by atoms with Crippen molar-refractivity contribution >= 4 is 81.7 Å². The molecule has 5 aromatic heterocycles. The van der Waals surface area contributed by atoms with Gasteiger partial charge in [0.05, 0.1) is 27.6 Å². The quantitative estimate of drug-likeness (QED) is 0.223. The van der Waals surface area contributed by atoms with Crippen molar-refractivity contribution in [2.24, 2.45) is 0 Å². The Balaban J connectivity index is 1.56. The second kappa shape index (κ2) is 7.10. The summed E-state index contributed by atoms with van der Waals surface area (Å²) in [5, 5.41) is 10.8. The molecule has 184 valence electrons. The molecule has 0 radical (unpaired) electrons. The number of hydrogen-bond acceptors (Lipinski definition) is 3. The Morgan fingerprint density at radius 1 is 0.500 bits per heavy atom. The van der Waals surface area contributed by atoms with Crippen LogP contribution in [-0.2, 0) is 0 Å². The van der Waals surface area contributed by atoms with Crippen LogP contribution in [0.25, 0.3) is 87.7 Å². The lowest BCUT2D eigenvalue weighted by atomic mass is 10.00. The molecule has 5 nitrogen and oxygen atoms in total. The molecule has 5 heteroatoms. The van der Waals surface area contributed by atoms with E-state index in [9.17, 15) is 0 Å². The Labute approximate surface area is 226 Å². The van der Waals surface area contributed by atoms with Crippen molar-refractivity contribution in [2.75, 3.05) is 0 Å². The summed E-state index contributed by atoms with van der Waals surface area (Å²) in [6, 6.07) is 36.9. The van der Waals surface area contributed by atoms with Crippen LogP contribution in [0.4, 0.5) is 0 Å². The molecule has 0 saturated heterocycles. The van der Waals surface area contributed by atoms with Gasteiger partial charge in [0.2, 0.25) is 5.95 Å². The topological polar surface area (TPSA) is 48.0 Å². The van der Waals surface area contributed by atoms with E-state index in [1.54, 1.807) is 6.20 Å². The molecule has 0 atom stereocenters. The van der Waals surface area contributed by atoms with E-state index in [-0.39, 0.29) is 0 Å². The molecule has 0 aliphatic carbocycles. The molecule has 0 amide bonds. The van der Waals surface area contributed by atoms with Crippen LogP contribution in [0.5, 0.6) is 0 Å². The first kappa shape index (κ1) is 20.4. The van der Waals surface area contributed by atoms with Gasteiger partial charge >= 0.3 is 0 Å². The number of para-hydroxylation sites is 2. The lowest BCUT2D eigenvalue weighted by Crippen LogP contribution is -2.02. The molecule has 0 bridgehead atoms. The Hall–Kier alpha value is -5.55. The summed E-state index contributed by atoms with van der Waals surface area (Å²) in [4.78, 5) is 14.4. The Morgan fingerprint density at radius 3 is 2.12 bits per heavy atom. The highest BCUT2D eigenvalue weighted by Crippen LogP contribution is 2.47. The Kier molecular flexibility index (Phi) is 3.62. The Bertz CT molecular complexity index is 2660. The summed E-state index contributed by atoms with van der Waals surface area (Å²) in [7, 11) is 0. The maximum atomic E-state index is 4.99. The molecule has 0 saturated carbocycles. The summed E-state index contributed by atoms with van der Waals surface area (Å²) in [5.41, 5.74) is 6.58. The molecule has 0 aliphatic rings. The van der Waals surface area contributed by atoms with E-state index in [0.29, 0.717) is 11.6 Å². The van der Waals surface area contributed by atoms with Crippen LogP contribution in [0.15, 0.2) is 116 Å². The minimum Gasteiger partial charge on any atom is -0.308 e. The predicted molar refractivity (Wildman–Crippen MR) is 164 cm³/mol. The molecule has 40 heavy (non-hydrogen) atoms. The van der Waals surface area contributed by atoms with Gasteiger partial charge in [-0.15, -0.1) is 0 Å². The average molecular weight is 510 g/mol. The summed E-state index contributed by atoms with van der Waals surface area (Å²) in [5.74, 6) is 0.629. The van der Waals surface area contributed by atoms with Crippen LogP contribution in [-0.4, -0.2) is 23.9 Å². The Morgan fingerprint density at radius 2 is 1.23 bits per heavy atom. The number of benzene rings is 5. The van der Waals surface area contributed by atoms with Crippen LogP contribution in [0.2, 0.25) is 0 Å². The van der Waals surface area contributed by atoms with Crippen LogP contribution >= 0.6 is 0 Å². The maximum absolute atomic E-state index is 4.99. The van der Waals surface area contributed by atoms with E-state index >= 15 is 0 Å². The second-order valence-corrected chi connectivity index (χ2v) is 10.5. The van der Waals surface area contributed by atoms with E-state index in [4.69, 9.17) is 9.97 Å². The number of rotatable bonds is 1. The smallest absolute Gasteiger partial charge is 0.236 e. The first-order chi connectivity index (χ1) is 19.9. The molecule has 0 fully saturated rings. The van der Waals surface area contributed by atoms with Crippen molar-refractivity contribution in [1.29, 1.82) is 0 Å². The monoisotopic (exact) mass is 509 g/mol. The fourth-order valence-corrected chi connectivity index (χ4v) is 6.94. The summed E-state index contributed by atoms with van der Waals surface area (Å²) >= 11 is 0. The minimum atomic E-state index is 0.629. The van der Waals surface area contributed by atoms with Gasteiger partial charge in [0.1, 0.15) is 0 Å². The van der Waals surface area contributed by atoms with Crippen molar-refractivity contribution in [3.63, 3.8) is 0 Å². The summed E-state index contributed by atoms with van der Waals surface area (Å²) < 4.78 is 4.69. The zero-order valence-electron chi connectivity index (χ0n) is 21.2. The lowest BCUT2D eigenvalue weighted by molar-refractivity contribution is 1.00. The molecule has 10 rings (SSSR count). The molecule has 0 aliphatic heterocycles. The average Bonchev–Trinajstić information content (AvgIpc) is 3.65. The standard InChI is InChI=1S/C35H19N5/c1-2-10-22-20(8-1)15-16-29-30(22)31-32-25(23-11-3-5-13-27(23)39(29)32)18-26-24-12-4-6-14-28(24)40(33(26)31)35-37-19-21-9-7-17-36-34(21)38-35/h1-19H. The molecule has 0 N–H and O–H groups in total. The molecule has 0 spiro atoms.